The molecule has 1 aromatic heterocycles. The summed E-state index contributed by atoms with van der Waals surface area (Å²) in [6, 6.07) is 52.1. The van der Waals surface area contributed by atoms with Crippen LogP contribution in [0.5, 0.6) is 0 Å². The summed E-state index contributed by atoms with van der Waals surface area (Å²) in [7, 11) is 0. The van der Waals surface area contributed by atoms with Gasteiger partial charge in [0.15, 0.2) is 0 Å². The first-order valence-corrected chi connectivity index (χ1v) is 30.1. The van der Waals surface area contributed by atoms with E-state index in [-0.39, 0.29) is 44.6 Å². The quantitative estimate of drug-likeness (QED) is 0.164. The van der Waals surface area contributed by atoms with Crippen LogP contribution in [0, 0.1) is 6.92 Å². The Morgan fingerprint density at radius 3 is 1.56 bits per heavy atom. The Hall–Kier alpha value is -6.49. The highest BCUT2D eigenvalue weighted by Gasteiger charge is 2.50. The van der Waals surface area contributed by atoms with Crippen LogP contribution in [0.1, 0.15) is 185 Å². The minimum absolute atomic E-state index is 0.00681. The zero-order chi connectivity index (χ0) is 56.3. The first-order chi connectivity index (χ1) is 37.6. The predicted octanol–water partition coefficient (Wildman–Crippen LogP) is 19.3. The Labute approximate surface area is 481 Å². The lowest BCUT2D eigenvalue weighted by molar-refractivity contribution is 0.332. The highest BCUT2D eigenvalue weighted by Crippen LogP contribution is 2.57. The molecule has 0 unspecified atom stereocenters. The van der Waals surface area contributed by atoms with E-state index in [1.807, 2.05) is 0 Å². The monoisotopic (exact) mass is 1070 g/mol. The molecule has 0 amide bonds. The Balaban J connectivity index is 1.15. The van der Waals surface area contributed by atoms with Gasteiger partial charge in [-0.25, -0.2) is 0 Å². The Kier molecular flexibility index (Phi) is 10.7. The zero-order valence-electron chi connectivity index (χ0n) is 50.3. The van der Waals surface area contributed by atoms with Crippen molar-refractivity contribution in [3.8, 4) is 11.1 Å². The third kappa shape index (κ3) is 7.18. The van der Waals surface area contributed by atoms with Gasteiger partial charge >= 0.3 is 0 Å². The molecule has 3 aliphatic carbocycles. The van der Waals surface area contributed by atoms with Crippen molar-refractivity contribution < 1.29 is 4.42 Å². The van der Waals surface area contributed by atoms with Crippen molar-refractivity contribution in [2.45, 2.75) is 174 Å². The van der Waals surface area contributed by atoms with Crippen molar-refractivity contribution in [2.75, 3.05) is 9.80 Å². The average Bonchev–Trinajstić information content (AvgIpc) is 3.77. The molecule has 14 rings (SSSR count). The molecule has 8 aromatic carbocycles. The molecule has 0 bridgehead atoms. The van der Waals surface area contributed by atoms with Gasteiger partial charge in [-0.05, 0) is 198 Å². The smallest absolute Gasteiger partial charge is 0.257 e. The van der Waals surface area contributed by atoms with Crippen molar-refractivity contribution in [1.29, 1.82) is 0 Å². The third-order valence-electron chi connectivity index (χ3n) is 21.0. The van der Waals surface area contributed by atoms with E-state index in [1.165, 1.54) is 105 Å². The van der Waals surface area contributed by atoms with Gasteiger partial charge in [-0.2, -0.15) is 0 Å². The molecule has 0 saturated heterocycles. The van der Waals surface area contributed by atoms with E-state index in [2.05, 4.69) is 254 Å². The van der Waals surface area contributed by atoms with Crippen LogP contribution in [0.4, 0.5) is 34.1 Å². The number of hydrogen-bond acceptors (Lipinski definition) is 3. The number of aryl methyl sites for hydroxylation is 1. The molecule has 0 spiro atoms. The molecule has 0 saturated carbocycles. The van der Waals surface area contributed by atoms with Gasteiger partial charge < -0.3 is 14.2 Å². The summed E-state index contributed by atoms with van der Waals surface area (Å²) >= 11 is 7.81. The van der Waals surface area contributed by atoms with Crippen LogP contribution in [0.2, 0.25) is 5.02 Å². The SMILES string of the molecule is Cc1cc2c(cc1N1c3cc4c(cc3B3c5c1cc(Cl)cc5N(c1ccc(C(C)(C)C)cc1-c1ccccc1)c1ccc5c(oc6cc7c(cc65)C(C)(C)CCC7(C)C)c13)C(C)(C)c1ccccc1C4(C)C)C(C)(C)CCC2(C)C. The Morgan fingerprint density at radius 1 is 0.450 bits per heavy atom. The van der Waals surface area contributed by atoms with E-state index in [0.29, 0.717) is 5.02 Å². The Morgan fingerprint density at radius 2 is 0.963 bits per heavy atom. The maximum Gasteiger partial charge on any atom is 0.257 e. The van der Waals surface area contributed by atoms with Gasteiger partial charge in [-0.1, -0.05) is 188 Å². The summed E-state index contributed by atoms with van der Waals surface area (Å²) in [6.45, 7) is 38.4. The normalized spacial score (nSPS) is 19.1. The lowest BCUT2D eigenvalue weighted by Crippen LogP contribution is -2.62. The molecule has 9 aromatic rings. The van der Waals surface area contributed by atoms with Crippen LogP contribution in [-0.2, 0) is 37.9 Å². The van der Waals surface area contributed by atoms with Gasteiger partial charge in [0.25, 0.3) is 6.71 Å². The van der Waals surface area contributed by atoms with E-state index in [1.54, 1.807) is 0 Å². The summed E-state index contributed by atoms with van der Waals surface area (Å²) in [6.07, 6.45) is 4.57. The Bertz CT molecular complexity index is 4160. The summed E-state index contributed by atoms with van der Waals surface area (Å²) in [5.74, 6) is 0. The second kappa shape index (κ2) is 16.6. The number of fused-ring (bicyclic) bond motifs is 12. The van der Waals surface area contributed by atoms with Crippen LogP contribution in [0.3, 0.4) is 0 Å². The number of hydrogen-bond donors (Lipinski definition) is 0. The fourth-order valence-corrected chi connectivity index (χ4v) is 16.0. The number of furan rings is 1. The van der Waals surface area contributed by atoms with Gasteiger partial charge in [-0.3, -0.25) is 0 Å². The fraction of sp³-hybridized carbons (Fsp3) is 0.360. The zero-order valence-corrected chi connectivity index (χ0v) is 51.0. The van der Waals surface area contributed by atoms with E-state index in [4.69, 9.17) is 16.0 Å². The molecule has 0 atom stereocenters. The maximum absolute atomic E-state index is 7.81. The molecule has 404 valence electrons. The standard InChI is InChI=1S/C75H78BClN2O/c1-43-34-52-54(72(9,10)32-30-70(52,5)6)40-61(43)79-62-41-57-56(74(13,14)50-24-20-21-25-51(50)75(57,15)16)39-58(62)76-66-63(36-46(77)37-64(66)79)78(59-28-26-45(69(2,3)4)35-48(59)44-22-18-17-19-23-44)60-29-27-47-49-38-53-55(42-65(49)80-68(47)67(60)76)73(11,12)33-31-71(53,7)8/h17-29,34-42H,30-33H2,1-16H3. The molecular formula is C75H78BClN2O. The van der Waals surface area contributed by atoms with Gasteiger partial charge in [0.1, 0.15) is 11.2 Å². The summed E-state index contributed by atoms with van der Waals surface area (Å²) in [5, 5.41) is 3.06. The van der Waals surface area contributed by atoms with Crippen molar-refractivity contribution >= 4 is 90.8 Å². The van der Waals surface area contributed by atoms with Gasteiger partial charge in [0.05, 0.1) is 5.69 Å². The van der Waals surface area contributed by atoms with E-state index in [0.717, 1.165) is 59.6 Å². The fourth-order valence-electron chi connectivity index (χ4n) is 15.8. The lowest BCUT2D eigenvalue weighted by atomic mass is 9.33. The molecule has 5 heteroatoms. The van der Waals surface area contributed by atoms with E-state index in [9.17, 15) is 0 Å². The minimum atomic E-state index is -0.283. The third-order valence-corrected chi connectivity index (χ3v) is 21.2. The molecule has 0 radical (unpaired) electrons. The molecule has 5 aliphatic rings. The van der Waals surface area contributed by atoms with Crippen molar-refractivity contribution in [2.24, 2.45) is 0 Å². The first kappa shape index (κ1) is 51.6. The molecular weight excluding hydrogens is 991 g/mol. The van der Waals surface area contributed by atoms with Gasteiger partial charge in [-0.15, -0.1) is 0 Å². The number of halogens is 1. The second-order valence-electron chi connectivity index (χ2n) is 29.7. The van der Waals surface area contributed by atoms with Crippen LogP contribution in [0.15, 0.2) is 138 Å². The molecule has 3 heterocycles. The van der Waals surface area contributed by atoms with Crippen molar-refractivity contribution in [3.05, 3.63) is 194 Å². The van der Waals surface area contributed by atoms with E-state index >= 15 is 0 Å². The van der Waals surface area contributed by atoms with Crippen LogP contribution in [-0.4, -0.2) is 6.71 Å². The lowest BCUT2D eigenvalue weighted by Gasteiger charge is -2.48. The van der Waals surface area contributed by atoms with E-state index < -0.39 is 0 Å². The number of nitrogens with zero attached hydrogens (tertiary/aromatic N) is 2. The number of rotatable bonds is 3. The van der Waals surface area contributed by atoms with Crippen LogP contribution >= 0.6 is 11.6 Å². The highest BCUT2D eigenvalue weighted by atomic mass is 35.5. The minimum Gasteiger partial charge on any atom is -0.457 e. The molecule has 2 aliphatic heterocycles. The molecule has 0 N–H and O–H groups in total. The highest BCUT2D eigenvalue weighted by molar-refractivity contribution is 7.01. The maximum atomic E-state index is 7.81. The second-order valence-corrected chi connectivity index (χ2v) is 30.1. The largest absolute Gasteiger partial charge is 0.457 e. The topological polar surface area (TPSA) is 19.6 Å². The molecule has 0 fully saturated rings. The van der Waals surface area contributed by atoms with Gasteiger partial charge in [0, 0.05) is 60.6 Å². The van der Waals surface area contributed by atoms with Crippen LogP contribution in [0.25, 0.3) is 33.1 Å². The summed E-state index contributed by atoms with van der Waals surface area (Å²) in [4.78, 5) is 5.21. The van der Waals surface area contributed by atoms with Gasteiger partial charge in [0.2, 0.25) is 0 Å². The molecule has 80 heavy (non-hydrogen) atoms. The van der Waals surface area contributed by atoms with Crippen molar-refractivity contribution in [1.82, 2.24) is 0 Å². The summed E-state index contributed by atoms with van der Waals surface area (Å²) in [5.41, 5.74) is 28.2. The van der Waals surface area contributed by atoms with Crippen molar-refractivity contribution in [3.63, 3.8) is 0 Å². The average molecular weight is 1070 g/mol. The molecule has 3 nitrogen and oxygen atoms in total. The predicted molar refractivity (Wildman–Crippen MR) is 343 cm³/mol. The first-order valence-electron chi connectivity index (χ1n) is 29.7. The number of anilines is 6. The summed E-state index contributed by atoms with van der Waals surface area (Å²) < 4.78 is 7.69. The number of benzene rings is 8. The van der Waals surface area contributed by atoms with Crippen LogP contribution < -0.4 is 26.2 Å².